The number of hydrogen-bond acceptors (Lipinski definition) is 6. The second kappa shape index (κ2) is 5.20. The van der Waals surface area contributed by atoms with Gasteiger partial charge in [0.2, 0.25) is 0 Å². The van der Waals surface area contributed by atoms with Crippen molar-refractivity contribution < 1.29 is 28.9 Å². The van der Waals surface area contributed by atoms with Crippen LogP contribution in [0, 0.1) is 0 Å². The first kappa shape index (κ1) is 12.8. The molecule has 6 heteroatoms. The van der Waals surface area contributed by atoms with Gasteiger partial charge in [-0.25, -0.2) is 4.79 Å². The zero-order valence-corrected chi connectivity index (χ0v) is 9.60. The van der Waals surface area contributed by atoms with E-state index in [2.05, 4.69) is 4.74 Å². The topological polar surface area (TPSA) is 84.9 Å². The number of carbonyl (C=O) groups excluding carboxylic acids is 2. The van der Waals surface area contributed by atoms with Crippen LogP contribution in [0.5, 0.6) is 11.5 Å². The van der Waals surface area contributed by atoms with E-state index in [-0.39, 0.29) is 22.6 Å². The van der Waals surface area contributed by atoms with Crippen LogP contribution in [-0.2, 0) is 4.74 Å². The molecule has 0 aliphatic heterocycles. The van der Waals surface area contributed by atoms with Crippen LogP contribution in [-0.4, -0.2) is 33.3 Å². The van der Waals surface area contributed by atoms with Crippen molar-refractivity contribution >= 4 is 11.9 Å². The first-order valence-corrected chi connectivity index (χ1v) is 4.60. The van der Waals surface area contributed by atoms with Gasteiger partial charge in [-0.15, -0.1) is 0 Å². The number of methoxy groups -OCH3 is 3. The van der Waals surface area contributed by atoms with E-state index in [1.54, 1.807) is 0 Å². The Labute approximate surface area is 97.7 Å². The predicted molar refractivity (Wildman–Crippen MR) is 55.2 cm³/mol. The molecule has 0 saturated carbocycles. The molecule has 1 aromatic carbocycles. The smallest absolute Gasteiger partial charge is 0.338 e. The molecular weight excluding hydrogens is 228 g/mol. The lowest BCUT2D eigenvalue weighted by atomic mass is 10.1. The Balaban J connectivity index is 3.51. The molecule has 1 rings (SSSR count). The maximum absolute atomic E-state index is 11.5. The Bertz CT molecular complexity index is 452. The molecule has 0 aromatic heterocycles. The molecule has 92 valence electrons. The number of carboxylic acids is 1. The summed E-state index contributed by atoms with van der Waals surface area (Å²) in [5, 5.41) is 11.0. The van der Waals surface area contributed by atoms with Crippen molar-refractivity contribution in [3.05, 3.63) is 23.3 Å². The number of rotatable bonds is 4. The third kappa shape index (κ3) is 2.47. The van der Waals surface area contributed by atoms with Crippen LogP contribution in [0.15, 0.2) is 12.1 Å². The monoisotopic (exact) mass is 239 g/mol. The molecule has 0 heterocycles. The molecular formula is C11H11O6-. The zero-order chi connectivity index (χ0) is 13.0. The number of carbonyl (C=O) groups is 2. The molecule has 0 spiro atoms. The minimum atomic E-state index is -1.52. The summed E-state index contributed by atoms with van der Waals surface area (Å²) < 4.78 is 14.3. The maximum atomic E-state index is 11.5. The fourth-order valence-electron chi connectivity index (χ4n) is 1.35. The van der Waals surface area contributed by atoms with Crippen LogP contribution >= 0.6 is 0 Å². The van der Waals surface area contributed by atoms with Gasteiger partial charge in [0.15, 0.2) is 0 Å². The lowest BCUT2D eigenvalue weighted by Gasteiger charge is -2.15. The van der Waals surface area contributed by atoms with Crippen molar-refractivity contribution in [2.45, 2.75) is 0 Å². The summed E-state index contributed by atoms with van der Waals surface area (Å²) in [5.74, 6) is -2.07. The first-order chi connectivity index (χ1) is 8.04. The van der Waals surface area contributed by atoms with E-state index in [0.717, 1.165) is 7.11 Å². The minimum absolute atomic E-state index is 0.0234. The van der Waals surface area contributed by atoms with E-state index in [0.29, 0.717) is 0 Å². The Kier molecular flexibility index (Phi) is 3.92. The van der Waals surface area contributed by atoms with Gasteiger partial charge in [0.05, 0.1) is 38.4 Å². The second-order valence-corrected chi connectivity index (χ2v) is 3.03. The van der Waals surface area contributed by atoms with Gasteiger partial charge in [-0.3, -0.25) is 0 Å². The molecule has 0 fully saturated rings. The molecule has 0 aliphatic carbocycles. The molecule has 1 aromatic rings. The third-order valence-corrected chi connectivity index (χ3v) is 2.14. The molecule has 0 atom stereocenters. The Hall–Kier alpha value is -2.24. The van der Waals surface area contributed by atoms with Gasteiger partial charge in [0.1, 0.15) is 11.5 Å². The summed E-state index contributed by atoms with van der Waals surface area (Å²) in [6, 6.07) is 2.59. The fraction of sp³-hybridized carbons (Fsp3) is 0.273. The van der Waals surface area contributed by atoms with Crippen molar-refractivity contribution in [2.24, 2.45) is 0 Å². The van der Waals surface area contributed by atoms with Crippen LogP contribution in [0.3, 0.4) is 0 Å². The van der Waals surface area contributed by atoms with E-state index in [9.17, 15) is 14.7 Å². The van der Waals surface area contributed by atoms with Gasteiger partial charge < -0.3 is 24.1 Å². The predicted octanol–water partition coefficient (Wildman–Crippen LogP) is -0.146. The average Bonchev–Trinajstić information content (AvgIpc) is 2.35. The van der Waals surface area contributed by atoms with Gasteiger partial charge in [-0.05, 0) is 6.07 Å². The van der Waals surface area contributed by atoms with E-state index in [1.807, 2.05) is 0 Å². The Morgan fingerprint density at radius 2 is 1.76 bits per heavy atom. The third-order valence-electron chi connectivity index (χ3n) is 2.14. The highest BCUT2D eigenvalue weighted by Crippen LogP contribution is 2.28. The number of aromatic carboxylic acids is 1. The molecule has 0 radical (unpaired) electrons. The molecule has 0 N–H and O–H groups in total. The molecule has 17 heavy (non-hydrogen) atoms. The summed E-state index contributed by atoms with van der Waals surface area (Å²) >= 11 is 0. The summed E-state index contributed by atoms with van der Waals surface area (Å²) in [7, 11) is 3.81. The second-order valence-electron chi connectivity index (χ2n) is 3.03. The van der Waals surface area contributed by atoms with Gasteiger partial charge >= 0.3 is 5.97 Å². The molecule has 0 amide bonds. The lowest BCUT2D eigenvalue weighted by molar-refractivity contribution is -0.255. The van der Waals surface area contributed by atoms with Gasteiger partial charge in [-0.1, -0.05) is 0 Å². The normalized spacial score (nSPS) is 9.59. The highest BCUT2D eigenvalue weighted by molar-refractivity contribution is 6.04. The summed E-state index contributed by atoms with van der Waals surface area (Å²) in [4.78, 5) is 22.4. The number of ether oxygens (including phenoxy) is 3. The number of esters is 1. The van der Waals surface area contributed by atoms with E-state index in [1.165, 1.54) is 26.4 Å². The quantitative estimate of drug-likeness (QED) is 0.679. The van der Waals surface area contributed by atoms with Gasteiger partial charge in [0, 0.05) is 6.07 Å². The number of benzene rings is 1. The first-order valence-electron chi connectivity index (χ1n) is 4.60. The van der Waals surface area contributed by atoms with Crippen molar-refractivity contribution in [2.75, 3.05) is 21.3 Å². The van der Waals surface area contributed by atoms with E-state index in [4.69, 9.17) is 9.47 Å². The molecule has 0 saturated heterocycles. The highest BCUT2D eigenvalue weighted by Gasteiger charge is 2.19. The van der Waals surface area contributed by atoms with Crippen LogP contribution in [0.25, 0.3) is 0 Å². The van der Waals surface area contributed by atoms with Crippen LogP contribution in [0.2, 0.25) is 0 Å². The standard InChI is InChI=1S/C11H12O6/c1-15-6-4-7(11(14)17-3)9(10(12)13)8(5-6)16-2/h4-5H,1-3H3,(H,12,13)/p-1. The van der Waals surface area contributed by atoms with E-state index < -0.39 is 11.9 Å². The van der Waals surface area contributed by atoms with Gasteiger partial charge in [-0.2, -0.15) is 0 Å². The minimum Gasteiger partial charge on any atom is -0.545 e. The SMILES string of the molecule is COC(=O)c1cc(OC)cc(OC)c1C(=O)[O-]. The van der Waals surface area contributed by atoms with Crippen LogP contribution < -0.4 is 14.6 Å². The zero-order valence-electron chi connectivity index (χ0n) is 9.60. The lowest BCUT2D eigenvalue weighted by Crippen LogP contribution is -2.26. The van der Waals surface area contributed by atoms with Gasteiger partial charge in [0.25, 0.3) is 0 Å². The summed E-state index contributed by atoms with van der Waals surface area (Å²) in [5.41, 5.74) is -0.538. The Morgan fingerprint density at radius 1 is 1.12 bits per heavy atom. The van der Waals surface area contributed by atoms with Crippen LogP contribution in [0.1, 0.15) is 20.7 Å². The van der Waals surface area contributed by atoms with Crippen molar-refractivity contribution in [3.8, 4) is 11.5 Å². The maximum Gasteiger partial charge on any atom is 0.338 e. The number of carboxylic acid groups (broad SMARTS) is 1. The molecule has 6 nitrogen and oxygen atoms in total. The summed E-state index contributed by atoms with van der Waals surface area (Å²) in [6.07, 6.45) is 0. The van der Waals surface area contributed by atoms with Crippen molar-refractivity contribution in [3.63, 3.8) is 0 Å². The average molecular weight is 239 g/mol. The highest BCUT2D eigenvalue weighted by atomic mass is 16.5. The molecule has 0 bridgehead atoms. The fourth-order valence-corrected chi connectivity index (χ4v) is 1.35. The van der Waals surface area contributed by atoms with Crippen molar-refractivity contribution in [1.29, 1.82) is 0 Å². The van der Waals surface area contributed by atoms with E-state index >= 15 is 0 Å². The molecule has 0 aliphatic rings. The summed E-state index contributed by atoms with van der Waals surface area (Å²) in [6.45, 7) is 0. The molecule has 0 unspecified atom stereocenters. The van der Waals surface area contributed by atoms with Crippen molar-refractivity contribution in [1.82, 2.24) is 0 Å². The van der Waals surface area contributed by atoms with Crippen LogP contribution in [0.4, 0.5) is 0 Å². The largest absolute Gasteiger partial charge is 0.545 e. The Morgan fingerprint density at radius 3 is 2.18 bits per heavy atom. The number of hydrogen-bond donors (Lipinski definition) is 0.